The molecule has 0 radical (unpaired) electrons. The number of thiophene rings is 1. The van der Waals surface area contributed by atoms with E-state index in [2.05, 4.69) is 52.1 Å². The predicted molar refractivity (Wildman–Crippen MR) is 78.8 cm³/mol. The Labute approximate surface area is 111 Å². The second kappa shape index (κ2) is 6.55. The minimum atomic E-state index is 0.292. The maximum atomic E-state index is 3.53. The van der Waals surface area contributed by atoms with Gasteiger partial charge in [0.15, 0.2) is 0 Å². The van der Waals surface area contributed by atoms with Crippen molar-refractivity contribution in [3.05, 3.63) is 21.9 Å². The van der Waals surface area contributed by atoms with Gasteiger partial charge in [-0.1, -0.05) is 34.6 Å². The Balaban J connectivity index is 2.26. The Kier molecular flexibility index (Phi) is 5.68. The predicted octanol–water partition coefficient (Wildman–Crippen LogP) is 4.57. The molecule has 2 heteroatoms. The Morgan fingerprint density at radius 2 is 1.94 bits per heavy atom. The number of hydrogen-bond donors (Lipinski definition) is 1. The Morgan fingerprint density at radius 3 is 2.47 bits per heavy atom. The molecule has 0 atom stereocenters. The second-order valence-electron chi connectivity index (χ2n) is 6.23. The van der Waals surface area contributed by atoms with Gasteiger partial charge in [-0.2, -0.15) is 0 Å². The van der Waals surface area contributed by atoms with Crippen molar-refractivity contribution < 1.29 is 0 Å². The molecule has 0 aliphatic heterocycles. The molecule has 1 nitrogen and oxygen atoms in total. The largest absolute Gasteiger partial charge is 0.312 e. The average molecular weight is 253 g/mol. The summed E-state index contributed by atoms with van der Waals surface area (Å²) in [5.74, 6) is 0.825. The van der Waals surface area contributed by atoms with Crippen molar-refractivity contribution in [3.63, 3.8) is 0 Å². The van der Waals surface area contributed by atoms with Crippen LogP contribution in [-0.2, 0) is 12.0 Å². The van der Waals surface area contributed by atoms with Crippen molar-refractivity contribution in [1.82, 2.24) is 5.32 Å². The van der Waals surface area contributed by atoms with E-state index in [1.54, 1.807) is 0 Å². The molecule has 98 valence electrons. The molecular weight excluding hydrogens is 226 g/mol. The van der Waals surface area contributed by atoms with Gasteiger partial charge in [-0.15, -0.1) is 11.3 Å². The lowest BCUT2D eigenvalue weighted by atomic mass is 9.95. The topological polar surface area (TPSA) is 12.0 Å². The third-order valence-electron chi connectivity index (χ3n) is 2.84. The smallest absolute Gasteiger partial charge is 0.0299 e. The van der Waals surface area contributed by atoms with Crippen LogP contribution in [-0.4, -0.2) is 6.54 Å². The zero-order valence-corrected chi connectivity index (χ0v) is 12.8. The standard InChI is InChI=1S/C15H27NS/c1-12(2)7-6-10-16-11-13-8-9-14(17-13)15(3,4)5/h8-9,12,16H,6-7,10-11H2,1-5H3. The fraction of sp³-hybridized carbons (Fsp3) is 0.733. The maximum Gasteiger partial charge on any atom is 0.0299 e. The van der Waals surface area contributed by atoms with Crippen molar-refractivity contribution in [2.24, 2.45) is 5.92 Å². The summed E-state index contributed by atoms with van der Waals surface area (Å²) in [6, 6.07) is 4.54. The van der Waals surface area contributed by atoms with E-state index in [1.165, 1.54) is 22.6 Å². The van der Waals surface area contributed by atoms with Gasteiger partial charge in [-0.25, -0.2) is 0 Å². The summed E-state index contributed by atoms with van der Waals surface area (Å²) in [5.41, 5.74) is 0.292. The number of nitrogens with one attached hydrogen (secondary N) is 1. The fourth-order valence-electron chi connectivity index (χ4n) is 1.72. The first-order chi connectivity index (χ1) is 7.89. The van der Waals surface area contributed by atoms with E-state index in [0.29, 0.717) is 5.41 Å². The minimum absolute atomic E-state index is 0.292. The van der Waals surface area contributed by atoms with Crippen LogP contribution >= 0.6 is 11.3 Å². The van der Waals surface area contributed by atoms with Gasteiger partial charge in [0, 0.05) is 16.3 Å². The molecule has 1 heterocycles. The van der Waals surface area contributed by atoms with Crippen molar-refractivity contribution in [2.75, 3.05) is 6.54 Å². The molecule has 1 aromatic rings. The highest BCUT2D eigenvalue weighted by Crippen LogP contribution is 2.29. The van der Waals surface area contributed by atoms with Gasteiger partial charge in [0.05, 0.1) is 0 Å². The van der Waals surface area contributed by atoms with Gasteiger partial charge < -0.3 is 5.32 Å². The van der Waals surface area contributed by atoms with Gasteiger partial charge >= 0.3 is 0 Å². The summed E-state index contributed by atoms with van der Waals surface area (Å²) in [6.07, 6.45) is 2.61. The summed E-state index contributed by atoms with van der Waals surface area (Å²) in [5, 5.41) is 3.53. The van der Waals surface area contributed by atoms with E-state index in [4.69, 9.17) is 0 Å². The lowest BCUT2D eigenvalue weighted by Gasteiger charge is -2.15. The summed E-state index contributed by atoms with van der Waals surface area (Å²) >= 11 is 1.94. The van der Waals surface area contributed by atoms with E-state index in [-0.39, 0.29) is 0 Å². The molecule has 0 aliphatic carbocycles. The molecule has 0 unspecified atom stereocenters. The van der Waals surface area contributed by atoms with Crippen molar-refractivity contribution in [3.8, 4) is 0 Å². The molecule has 0 saturated carbocycles. The lowest BCUT2D eigenvalue weighted by molar-refractivity contribution is 0.528. The van der Waals surface area contributed by atoms with Crippen molar-refractivity contribution in [2.45, 2.75) is 59.4 Å². The molecule has 1 N–H and O–H groups in total. The van der Waals surface area contributed by atoms with Gasteiger partial charge in [-0.3, -0.25) is 0 Å². The molecule has 0 amide bonds. The van der Waals surface area contributed by atoms with Crippen molar-refractivity contribution >= 4 is 11.3 Å². The normalized spacial score (nSPS) is 12.4. The van der Waals surface area contributed by atoms with Gasteiger partial charge in [0.1, 0.15) is 0 Å². The highest BCUT2D eigenvalue weighted by Gasteiger charge is 2.15. The van der Waals surface area contributed by atoms with E-state index in [9.17, 15) is 0 Å². The molecule has 17 heavy (non-hydrogen) atoms. The third-order valence-corrected chi connectivity index (χ3v) is 4.35. The second-order valence-corrected chi connectivity index (χ2v) is 7.40. The Bertz CT molecular complexity index is 320. The summed E-state index contributed by atoms with van der Waals surface area (Å²) in [6.45, 7) is 13.6. The zero-order chi connectivity index (χ0) is 12.9. The van der Waals surface area contributed by atoms with E-state index in [0.717, 1.165) is 19.0 Å². The summed E-state index contributed by atoms with van der Waals surface area (Å²) in [4.78, 5) is 2.94. The first-order valence-corrected chi connectivity index (χ1v) is 7.51. The van der Waals surface area contributed by atoms with E-state index < -0.39 is 0 Å². The van der Waals surface area contributed by atoms with E-state index in [1.807, 2.05) is 11.3 Å². The minimum Gasteiger partial charge on any atom is -0.312 e. The van der Waals surface area contributed by atoms with Crippen LogP contribution in [0.25, 0.3) is 0 Å². The maximum absolute atomic E-state index is 3.53. The van der Waals surface area contributed by atoms with Crippen LogP contribution in [0.5, 0.6) is 0 Å². The molecule has 0 fully saturated rings. The molecule has 1 rings (SSSR count). The zero-order valence-electron chi connectivity index (χ0n) is 12.0. The fourth-order valence-corrected chi connectivity index (χ4v) is 2.76. The third kappa shape index (κ3) is 5.69. The highest BCUT2D eigenvalue weighted by molar-refractivity contribution is 7.12. The first kappa shape index (κ1) is 14.7. The molecule has 0 bridgehead atoms. The molecule has 1 aromatic heterocycles. The number of rotatable bonds is 6. The van der Waals surface area contributed by atoms with Crippen molar-refractivity contribution in [1.29, 1.82) is 0 Å². The molecular formula is C15H27NS. The van der Waals surface area contributed by atoms with Crippen LogP contribution < -0.4 is 5.32 Å². The quantitative estimate of drug-likeness (QED) is 0.732. The monoisotopic (exact) mass is 253 g/mol. The number of hydrogen-bond acceptors (Lipinski definition) is 2. The Hall–Kier alpha value is -0.340. The van der Waals surface area contributed by atoms with E-state index >= 15 is 0 Å². The van der Waals surface area contributed by atoms with Crippen LogP contribution in [0, 0.1) is 5.92 Å². The SMILES string of the molecule is CC(C)CCCNCc1ccc(C(C)(C)C)s1. The average Bonchev–Trinajstić information content (AvgIpc) is 2.64. The summed E-state index contributed by atoms with van der Waals surface area (Å²) in [7, 11) is 0. The van der Waals surface area contributed by atoms with Gasteiger partial charge in [0.25, 0.3) is 0 Å². The molecule has 0 aliphatic rings. The molecule has 0 spiro atoms. The van der Waals surface area contributed by atoms with Crippen LogP contribution in [0.3, 0.4) is 0 Å². The highest BCUT2D eigenvalue weighted by atomic mass is 32.1. The van der Waals surface area contributed by atoms with Crippen LogP contribution in [0.2, 0.25) is 0 Å². The first-order valence-electron chi connectivity index (χ1n) is 6.69. The van der Waals surface area contributed by atoms with Gasteiger partial charge in [-0.05, 0) is 42.9 Å². The van der Waals surface area contributed by atoms with Crippen LogP contribution in [0.1, 0.15) is 57.2 Å². The Morgan fingerprint density at radius 1 is 1.24 bits per heavy atom. The lowest BCUT2D eigenvalue weighted by Crippen LogP contribution is -2.14. The van der Waals surface area contributed by atoms with Crippen LogP contribution in [0.15, 0.2) is 12.1 Å². The summed E-state index contributed by atoms with van der Waals surface area (Å²) < 4.78 is 0. The molecule has 0 saturated heterocycles. The molecule has 0 aromatic carbocycles. The van der Waals surface area contributed by atoms with Gasteiger partial charge in [0.2, 0.25) is 0 Å². The van der Waals surface area contributed by atoms with Crippen LogP contribution in [0.4, 0.5) is 0 Å².